The van der Waals surface area contributed by atoms with Crippen LogP contribution in [0.5, 0.6) is 0 Å². The highest BCUT2D eigenvalue weighted by atomic mass is 35.5. The van der Waals surface area contributed by atoms with Crippen molar-refractivity contribution in [3.8, 4) is 6.07 Å². The number of hydrogen-bond donors (Lipinski definition) is 2. The molecular formula is C9H5Cl2NO3. The molecule has 15 heavy (non-hydrogen) atoms. The Morgan fingerprint density at radius 1 is 1.40 bits per heavy atom. The third-order valence-electron chi connectivity index (χ3n) is 1.76. The molecule has 0 spiro atoms. The molecule has 0 aromatic heterocycles. The first-order chi connectivity index (χ1) is 6.99. The molecule has 6 heteroatoms. The zero-order valence-electron chi connectivity index (χ0n) is 7.24. The van der Waals surface area contributed by atoms with Crippen molar-refractivity contribution < 1.29 is 15.0 Å². The lowest BCUT2D eigenvalue weighted by atomic mass is 10.0. The SMILES string of the molecule is N#Cc1c(Cl)ccc(Cl)c1C(O)C(=O)O. The summed E-state index contributed by atoms with van der Waals surface area (Å²) in [5, 5.41) is 26.7. The molecule has 0 aliphatic carbocycles. The average Bonchev–Trinajstić information content (AvgIpc) is 2.19. The fourth-order valence-electron chi connectivity index (χ4n) is 1.07. The average molecular weight is 246 g/mol. The minimum atomic E-state index is -1.86. The molecule has 1 rings (SSSR count). The van der Waals surface area contributed by atoms with Gasteiger partial charge in [0.1, 0.15) is 6.07 Å². The molecule has 0 saturated heterocycles. The summed E-state index contributed by atoms with van der Waals surface area (Å²) in [7, 11) is 0. The van der Waals surface area contributed by atoms with Crippen molar-refractivity contribution in [2.45, 2.75) is 6.10 Å². The number of hydrogen-bond acceptors (Lipinski definition) is 3. The maximum atomic E-state index is 10.6. The van der Waals surface area contributed by atoms with Crippen LogP contribution in [0, 0.1) is 11.3 Å². The van der Waals surface area contributed by atoms with Gasteiger partial charge in [0.05, 0.1) is 10.6 Å². The van der Waals surface area contributed by atoms with Gasteiger partial charge in [-0.05, 0) is 12.1 Å². The highest BCUT2D eigenvalue weighted by Crippen LogP contribution is 2.31. The number of aliphatic hydroxyl groups excluding tert-OH is 1. The molecule has 0 amide bonds. The molecule has 78 valence electrons. The van der Waals surface area contributed by atoms with Crippen LogP contribution in [0.1, 0.15) is 17.2 Å². The van der Waals surface area contributed by atoms with Gasteiger partial charge in [0.15, 0.2) is 6.10 Å². The van der Waals surface area contributed by atoms with E-state index in [-0.39, 0.29) is 21.2 Å². The fourth-order valence-corrected chi connectivity index (χ4v) is 1.54. The van der Waals surface area contributed by atoms with Crippen LogP contribution in [0.2, 0.25) is 10.0 Å². The first kappa shape index (κ1) is 11.8. The lowest BCUT2D eigenvalue weighted by Gasteiger charge is -2.10. The Morgan fingerprint density at radius 2 is 1.93 bits per heavy atom. The van der Waals surface area contributed by atoms with Crippen molar-refractivity contribution in [3.63, 3.8) is 0 Å². The number of aliphatic hydroxyl groups is 1. The lowest BCUT2D eigenvalue weighted by molar-refractivity contribution is -0.146. The van der Waals surface area contributed by atoms with Crippen LogP contribution in [0.4, 0.5) is 0 Å². The van der Waals surface area contributed by atoms with Crippen LogP contribution in [-0.4, -0.2) is 16.2 Å². The molecule has 0 saturated carbocycles. The number of nitrogens with zero attached hydrogens (tertiary/aromatic N) is 1. The normalized spacial score (nSPS) is 11.9. The van der Waals surface area contributed by atoms with Gasteiger partial charge < -0.3 is 10.2 Å². The first-order valence-electron chi connectivity index (χ1n) is 3.78. The molecule has 0 aliphatic heterocycles. The Labute approximate surface area is 95.3 Å². The largest absolute Gasteiger partial charge is 0.479 e. The van der Waals surface area contributed by atoms with Crippen molar-refractivity contribution in [2.75, 3.05) is 0 Å². The van der Waals surface area contributed by atoms with Crippen molar-refractivity contribution >= 4 is 29.2 Å². The Kier molecular flexibility index (Phi) is 3.53. The third kappa shape index (κ3) is 2.21. The Balaban J connectivity index is 3.46. The monoisotopic (exact) mass is 245 g/mol. The van der Waals surface area contributed by atoms with Crippen LogP contribution < -0.4 is 0 Å². The molecule has 0 fully saturated rings. The molecule has 0 heterocycles. The molecule has 0 radical (unpaired) electrons. The summed E-state index contributed by atoms with van der Waals surface area (Å²) in [6.07, 6.45) is -1.86. The van der Waals surface area contributed by atoms with Gasteiger partial charge in [0.2, 0.25) is 0 Å². The van der Waals surface area contributed by atoms with Gasteiger partial charge >= 0.3 is 5.97 Å². The van der Waals surface area contributed by atoms with Crippen LogP contribution in [0.15, 0.2) is 12.1 Å². The number of carboxylic acid groups (broad SMARTS) is 1. The summed E-state index contributed by atoms with van der Waals surface area (Å²) in [5.41, 5.74) is -0.307. The van der Waals surface area contributed by atoms with Crippen LogP contribution >= 0.6 is 23.2 Å². The van der Waals surface area contributed by atoms with E-state index >= 15 is 0 Å². The second kappa shape index (κ2) is 4.49. The van der Waals surface area contributed by atoms with Gasteiger partial charge in [0, 0.05) is 10.6 Å². The quantitative estimate of drug-likeness (QED) is 0.835. The van der Waals surface area contributed by atoms with Crippen molar-refractivity contribution in [1.82, 2.24) is 0 Å². The number of rotatable bonds is 2. The molecule has 1 aromatic carbocycles. The summed E-state index contributed by atoms with van der Waals surface area (Å²) >= 11 is 11.4. The second-order valence-corrected chi connectivity index (χ2v) is 3.48. The molecule has 1 aromatic rings. The molecule has 1 atom stereocenters. The maximum absolute atomic E-state index is 10.6. The highest BCUT2D eigenvalue weighted by Gasteiger charge is 2.24. The van der Waals surface area contributed by atoms with E-state index in [0.29, 0.717) is 0 Å². The molecule has 4 nitrogen and oxygen atoms in total. The standard InChI is InChI=1S/C9H5Cl2NO3/c10-5-1-2-6(11)7(4(5)3-12)8(13)9(14)15/h1-2,8,13H,(H,14,15). The van der Waals surface area contributed by atoms with E-state index in [4.69, 9.17) is 33.6 Å². The van der Waals surface area contributed by atoms with E-state index in [1.807, 2.05) is 0 Å². The number of benzene rings is 1. The summed E-state index contributed by atoms with van der Waals surface area (Å²) in [5.74, 6) is -1.49. The summed E-state index contributed by atoms with van der Waals surface area (Å²) < 4.78 is 0. The number of halogens is 2. The van der Waals surface area contributed by atoms with Crippen molar-refractivity contribution in [3.05, 3.63) is 33.3 Å². The second-order valence-electron chi connectivity index (χ2n) is 2.67. The predicted octanol–water partition coefficient (Wildman–Crippen LogP) is 1.98. The predicted molar refractivity (Wildman–Crippen MR) is 53.8 cm³/mol. The van der Waals surface area contributed by atoms with Gasteiger partial charge in [-0.3, -0.25) is 0 Å². The van der Waals surface area contributed by atoms with Crippen LogP contribution in [-0.2, 0) is 4.79 Å². The number of carboxylic acids is 1. The number of aliphatic carboxylic acids is 1. The summed E-state index contributed by atoms with van der Waals surface area (Å²) in [6.45, 7) is 0. The van der Waals surface area contributed by atoms with E-state index in [1.54, 1.807) is 6.07 Å². The van der Waals surface area contributed by atoms with E-state index in [9.17, 15) is 9.90 Å². The first-order valence-corrected chi connectivity index (χ1v) is 4.53. The van der Waals surface area contributed by atoms with Gasteiger partial charge in [-0.2, -0.15) is 5.26 Å². The van der Waals surface area contributed by atoms with Gasteiger partial charge in [-0.15, -0.1) is 0 Å². The van der Waals surface area contributed by atoms with E-state index in [0.717, 1.165) is 0 Å². The van der Waals surface area contributed by atoms with Crippen LogP contribution in [0.3, 0.4) is 0 Å². The molecule has 0 bridgehead atoms. The lowest BCUT2D eigenvalue weighted by Crippen LogP contribution is -2.12. The van der Waals surface area contributed by atoms with Gasteiger partial charge in [0.25, 0.3) is 0 Å². The van der Waals surface area contributed by atoms with E-state index in [2.05, 4.69) is 0 Å². The van der Waals surface area contributed by atoms with E-state index < -0.39 is 12.1 Å². The summed E-state index contributed by atoms with van der Waals surface area (Å²) in [4.78, 5) is 10.6. The van der Waals surface area contributed by atoms with E-state index in [1.165, 1.54) is 12.1 Å². The Bertz CT molecular complexity index is 453. The van der Waals surface area contributed by atoms with Crippen molar-refractivity contribution in [2.24, 2.45) is 0 Å². The fraction of sp³-hybridized carbons (Fsp3) is 0.111. The zero-order valence-corrected chi connectivity index (χ0v) is 8.75. The number of carbonyl (C=O) groups is 1. The Hall–Kier alpha value is -1.28. The van der Waals surface area contributed by atoms with Crippen LogP contribution in [0.25, 0.3) is 0 Å². The minimum Gasteiger partial charge on any atom is -0.479 e. The molecular weight excluding hydrogens is 241 g/mol. The topological polar surface area (TPSA) is 81.3 Å². The minimum absolute atomic E-state index is 0.00847. The highest BCUT2D eigenvalue weighted by molar-refractivity contribution is 6.34. The third-order valence-corrected chi connectivity index (χ3v) is 2.41. The van der Waals surface area contributed by atoms with Crippen molar-refractivity contribution in [1.29, 1.82) is 5.26 Å². The molecule has 1 unspecified atom stereocenters. The molecule has 2 N–H and O–H groups in total. The molecule has 0 aliphatic rings. The smallest absolute Gasteiger partial charge is 0.337 e. The number of nitriles is 1. The van der Waals surface area contributed by atoms with Gasteiger partial charge in [-0.25, -0.2) is 4.79 Å². The Morgan fingerprint density at radius 3 is 2.40 bits per heavy atom. The summed E-state index contributed by atoms with van der Waals surface area (Å²) in [6, 6.07) is 4.39. The zero-order chi connectivity index (χ0) is 11.6. The maximum Gasteiger partial charge on any atom is 0.337 e. The van der Waals surface area contributed by atoms with Gasteiger partial charge in [-0.1, -0.05) is 23.2 Å².